The van der Waals surface area contributed by atoms with Crippen LogP contribution >= 0.6 is 11.3 Å². The summed E-state index contributed by atoms with van der Waals surface area (Å²) >= 11 is 1.20. The Morgan fingerprint density at radius 2 is 2.10 bits per heavy atom. The van der Waals surface area contributed by atoms with Gasteiger partial charge < -0.3 is 10.1 Å². The van der Waals surface area contributed by atoms with Gasteiger partial charge in [0.15, 0.2) is 0 Å². The van der Waals surface area contributed by atoms with E-state index in [0.29, 0.717) is 0 Å². The fourth-order valence-corrected chi connectivity index (χ4v) is 3.79. The summed E-state index contributed by atoms with van der Waals surface area (Å²) in [6, 6.07) is 3.31. The van der Waals surface area contributed by atoms with Gasteiger partial charge >= 0.3 is 0 Å². The first-order valence-corrected chi connectivity index (χ1v) is 8.34. The highest BCUT2D eigenvalue weighted by Gasteiger charge is 2.16. The van der Waals surface area contributed by atoms with Crippen molar-refractivity contribution in [2.45, 2.75) is 17.1 Å². The number of alkyl halides is 2. The second kappa shape index (κ2) is 8.63. The van der Waals surface area contributed by atoms with E-state index in [1.165, 1.54) is 17.4 Å². The van der Waals surface area contributed by atoms with Gasteiger partial charge in [0, 0.05) is 11.4 Å². The monoisotopic (exact) mass is 328 g/mol. The van der Waals surface area contributed by atoms with Crippen molar-refractivity contribution in [3.05, 3.63) is 17.0 Å². The Labute approximate surface area is 121 Å². The number of ether oxygens (including phenoxy) is 1. The first kappa shape index (κ1) is 17.4. The van der Waals surface area contributed by atoms with Crippen LogP contribution in [0, 0.1) is 0 Å². The Balaban J connectivity index is 2.41. The largest absolute Gasteiger partial charge is 0.374 e. The van der Waals surface area contributed by atoms with Crippen molar-refractivity contribution >= 4 is 21.4 Å². The third-order valence-corrected chi connectivity index (χ3v) is 5.40. The van der Waals surface area contributed by atoms with E-state index in [-0.39, 0.29) is 17.4 Å². The van der Waals surface area contributed by atoms with Crippen molar-refractivity contribution < 1.29 is 21.9 Å². The van der Waals surface area contributed by atoms with Crippen LogP contribution < -0.4 is 10.0 Å². The first-order chi connectivity index (χ1) is 9.45. The molecule has 0 aromatic carbocycles. The highest BCUT2D eigenvalue weighted by molar-refractivity contribution is 7.91. The highest BCUT2D eigenvalue weighted by atomic mass is 32.2. The molecule has 0 spiro atoms. The molecule has 20 heavy (non-hydrogen) atoms. The second-order valence-corrected chi connectivity index (χ2v) is 7.10. The van der Waals surface area contributed by atoms with Crippen LogP contribution in [0.2, 0.25) is 0 Å². The lowest BCUT2D eigenvalue weighted by Crippen LogP contribution is -2.27. The van der Waals surface area contributed by atoms with Crippen LogP contribution in [0.5, 0.6) is 0 Å². The molecule has 0 aliphatic heterocycles. The summed E-state index contributed by atoms with van der Waals surface area (Å²) in [4.78, 5) is 0.966. The molecule has 0 unspecified atom stereocenters. The van der Waals surface area contributed by atoms with Gasteiger partial charge in [-0.05, 0) is 32.1 Å². The van der Waals surface area contributed by atoms with Crippen LogP contribution in [0.3, 0.4) is 0 Å². The van der Waals surface area contributed by atoms with E-state index >= 15 is 0 Å². The van der Waals surface area contributed by atoms with Gasteiger partial charge in [0.25, 0.3) is 6.43 Å². The summed E-state index contributed by atoms with van der Waals surface area (Å²) < 4.78 is 54.5. The topological polar surface area (TPSA) is 67.4 Å². The maximum atomic E-state index is 11.9. The van der Waals surface area contributed by atoms with Crippen LogP contribution in [0.25, 0.3) is 0 Å². The standard InChI is InChI=1S/C11H18F2N2O3S2/c1-14-5-4-9-2-3-11(19-9)20(16,17)15-6-7-18-8-10(12)13/h2-3,10,14-15H,4-8H2,1H3. The van der Waals surface area contributed by atoms with Crippen molar-refractivity contribution in [3.8, 4) is 0 Å². The number of likely N-dealkylation sites (N-methyl/N-ethyl adjacent to an activating group) is 1. The van der Waals surface area contributed by atoms with E-state index in [9.17, 15) is 17.2 Å². The number of sulfonamides is 1. The smallest absolute Gasteiger partial charge is 0.261 e. The third kappa shape index (κ3) is 6.23. The molecule has 1 aromatic rings. The van der Waals surface area contributed by atoms with Crippen LogP contribution in [0.15, 0.2) is 16.3 Å². The predicted molar refractivity (Wildman–Crippen MR) is 74.0 cm³/mol. The number of rotatable bonds is 10. The van der Waals surface area contributed by atoms with Gasteiger partial charge in [-0.3, -0.25) is 0 Å². The lowest BCUT2D eigenvalue weighted by atomic mass is 10.3. The van der Waals surface area contributed by atoms with Gasteiger partial charge in [-0.25, -0.2) is 21.9 Å². The number of thiophene rings is 1. The molecule has 0 atom stereocenters. The van der Waals surface area contributed by atoms with Crippen molar-refractivity contribution in [1.82, 2.24) is 10.0 Å². The number of hydrogen-bond donors (Lipinski definition) is 2. The fourth-order valence-electron chi connectivity index (χ4n) is 1.38. The quantitative estimate of drug-likeness (QED) is 0.631. The van der Waals surface area contributed by atoms with E-state index in [1.807, 2.05) is 7.05 Å². The van der Waals surface area contributed by atoms with Crippen LogP contribution in [0.1, 0.15) is 4.88 Å². The van der Waals surface area contributed by atoms with Gasteiger partial charge in [0.1, 0.15) is 10.8 Å². The van der Waals surface area contributed by atoms with E-state index in [4.69, 9.17) is 0 Å². The third-order valence-electron chi connectivity index (χ3n) is 2.31. The van der Waals surface area contributed by atoms with Crippen molar-refractivity contribution in [3.63, 3.8) is 0 Å². The second-order valence-electron chi connectivity index (χ2n) is 3.94. The number of halogens is 2. The molecule has 5 nitrogen and oxygen atoms in total. The summed E-state index contributed by atoms with van der Waals surface area (Å²) in [6.07, 6.45) is -1.78. The lowest BCUT2D eigenvalue weighted by molar-refractivity contribution is 0.0199. The maximum absolute atomic E-state index is 11.9. The molecule has 1 aromatic heterocycles. The molecule has 1 heterocycles. The molecule has 0 aliphatic rings. The van der Waals surface area contributed by atoms with E-state index in [0.717, 1.165) is 17.8 Å². The molecular weight excluding hydrogens is 310 g/mol. The van der Waals surface area contributed by atoms with Gasteiger partial charge in [0.2, 0.25) is 10.0 Å². The normalized spacial score (nSPS) is 12.2. The Kier molecular flexibility index (Phi) is 7.52. The Morgan fingerprint density at radius 3 is 2.75 bits per heavy atom. The van der Waals surface area contributed by atoms with Gasteiger partial charge in [0.05, 0.1) is 6.61 Å². The zero-order valence-corrected chi connectivity index (χ0v) is 12.7. The molecule has 0 radical (unpaired) electrons. The molecule has 0 fully saturated rings. The molecule has 0 amide bonds. The molecule has 2 N–H and O–H groups in total. The minimum atomic E-state index is -3.58. The summed E-state index contributed by atoms with van der Waals surface area (Å²) in [7, 11) is -1.76. The summed E-state index contributed by atoms with van der Waals surface area (Å²) in [5.74, 6) is 0. The number of nitrogens with one attached hydrogen (secondary N) is 2. The van der Waals surface area contributed by atoms with E-state index in [1.54, 1.807) is 6.07 Å². The molecule has 0 saturated carbocycles. The fraction of sp³-hybridized carbons (Fsp3) is 0.636. The highest BCUT2D eigenvalue weighted by Crippen LogP contribution is 2.21. The number of hydrogen-bond acceptors (Lipinski definition) is 5. The molecule has 0 aliphatic carbocycles. The summed E-state index contributed by atoms with van der Waals surface area (Å²) in [5, 5.41) is 2.99. The van der Waals surface area contributed by atoms with Crippen LogP contribution in [-0.2, 0) is 21.2 Å². The zero-order chi connectivity index (χ0) is 15.0. The minimum Gasteiger partial charge on any atom is -0.374 e. The first-order valence-electron chi connectivity index (χ1n) is 6.04. The molecule has 0 saturated heterocycles. The van der Waals surface area contributed by atoms with Gasteiger partial charge in [-0.1, -0.05) is 0 Å². The molecular formula is C11H18F2N2O3S2. The summed E-state index contributed by atoms with van der Waals surface area (Å²) in [5.41, 5.74) is 0. The SMILES string of the molecule is CNCCc1ccc(S(=O)(=O)NCCOCC(F)F)s1. The van der Waals surface area contributed by atoms with Crippen molar-refractivity contribution in [1.29, 1.82) is 0 Å². The predicted octanol–water partition coefficient (Wildman–Crippen LogP) is 1.07. The minimum absolute atomic E-state index is 0.0290. The Bertz CT molecular complexity index is 492. The van der Waals surface area contributed by atoms with Gasteiger partial charge in [-0.15, -0.1) is 11.3 Å². The lowest BCUT2D eigenvalue weighted by Gasteiger charge is -2.05. The average Bonchev–Trinajstić information content (AvgIpc) is 2.85. The van der Waals surface area contributed by atoms with Crippen LogP contribution in [-0.4, -0.2) is 48.2 Å². The average molecular weight is 328 g/mol. The van der Waals surface area contributed by atoms with Crippen molar-refractivity contribution in [2.24, 2.45) is 0 Å². The Hall–Kier alpha value is -0.610. The molecule has 9 heteroatoms. The zero-order valence-electron chi connectivity index (χ0n) is 11.1. The van der Waals surface area contributed by atoms with Gasteiger partial charge in [-0.2, -0.15) is 0 Å². The molecule has 0 bridgehead atoms. The van der Waals surface area contributed by atoms with E-state index in [2.05, 4.69) is 14.8 Å². The van der Waals surface area contributed by atoms with Crippen LogP contribution in [0.4, 0.5) is 8.78 Å². The maximum Gasteiger partial charge on any atom is 0.261 e. The Morgan fingerprint density at radius 1 is 1.35 bits per heavy atom. The van der Waals surface area contributed by atoms with Crippen molar-refractivity contribution in [2.75, 3.05) is 33.4 Å². The summed E-state index contributed by atoms with van der Waals surface area (Å²) in [6.45, 7) is -0.0237. The molecule has 1 rings (SSSR count). The molecule has 116 valence electrons. The van der Waals surface area contributed by atoms with E-state index < -0.39 is 23.1 Å².